The van der Waals surface area contributed by atoms with E-state index in [2.05, 4.69) is 217 Å². The Bertz CT molecular complexity index is 5020. The minimum atomic E-state index is 0.0536. The minimum Gasteiger partial charge on any atom is -0.456 e. The average Bonchev–Trinajstić information content (AvgIpc) is 2.74. The monoisotopic (exact) mass is 1100 g/mol. The minimum absolute atomic E-state index is 0.0536. The summed E-state index contributed by atoms with van der Waals surface area (Å²) in [5, 5.41) is 4.19. The van der Waals surface area contributed by atoms with Gasteiger partial charge in [0, 0.05) is 49.7 Å². The van der Waals surface area contributed by atoms with Crippen molar-refractivity contribution in [2.75, 3.05) is 0 Å². The van der Waals surface area contributed by atoms with Gasteiger partial charge in [-0.3, -0.25) is 4.57 Å². The maximum Gasteiger partial charge on any atom is 0.238 e. The highest BCUT2D eigenvalue weighted by Crippen LogP contribution is 2.43. The molecule has 0 spiro atoms. The van der Waals surface area contributed by atoms with E-state index in [0.717, 1.165) is 134 Å². The predicted octanol–water partition coefficient (Wildman–Crippen LogP) is 19.7. The van der Waals surface area contributed by atoms with E-state index in [4.69, 9.17) is 34.3 Å². The van der Waals surface area contributed by atoms with E-state index < -0.39 is 0 Å². The molecule has 0 bridgehead atoms. The lowest BCUT2D eigenvalue weighted by molar-refractivity contribution is 0.669. The van der Waals surface area contributed by atoms with E-state index in [1.165, 1.54) is 0 Å². The topological polar surface area (TPSA) is 95.4 Å². The third-order valence-corrected chi connectivity index (χ3v) is 16.4. The molecular weight excluding hydrogens is 1050 g/mol. The molecule has 11 aromatic carbocycles. The van der Waals surface area contributed by atoms with Crippen LogP contribution in [0, 0.1) is 0 Å². The Morgan fingerprint density at radius 2 is 0.756 bits per heavy atom. The molecule has 0 aliphatic heterocycles. The van der Waals surface area contributed by atoms with Crippen molar-refractivity contribution < 1.29 is 4.42 Å². The van der Waals surface area contributed by atoms with Crippen LogP contribution in [-0.2, 0) is 0 Å². The van der Waals surface area contributed by atoms with Gasteiger partial charge in [0.1, 0.15) is 17.0 Å². The van der Waals surface area contributed by atoms with Crippen LogP contribution in [0.15, 0.2) is 296 Å². The molecular formula is C78H51N7O. The van der Waals surface area contributed by atoms with Gasteiger partial charge in [0.15, 0.2) is 23.3 Å². The van der Waals surface area contributed by atoms with E-state index in [1.807, 2.05) is 78.9 Å². The number of nitrogens with zero attached hydrogens (tertiary/aromatic N) is 7. The van der Waals surface area contributed by atoms with Crippen molar-refractivity contribution in [2.24, 2.45) is 0 Å². The predicted molar refractivity (Wildman–Crippen MR) is 349 cm³/mol. The molecule has 4 aromatic heterocycles. The van der Waals surface area contributed by atoms with E-state index in [9.17, 15) is 0 Å². The van der Waals surface area contributed by atoms with Gasteiger partial charge in [-0.05, 0) is 129 Å². The van der Waals surface area contributed by atoms with E-state index in [1.54, 1.807) is 0 Å². The molecule has 0 radical (unpaired) electrons. The molecule has 15 aromatic rings. The molecule has 8 heteroatoms. The van der Waals surface area contributed by atoms with Crippen molar-refractivity contribution in [1.29, 1.82) is 0 Å². The molecule has 0 amide bonds. The molecule has 0 saturated carbocycles. The van der Waals surface area contributed by atoms with Gasteiger partial charge < -0.3 is 4.42 Å². The Morgan fingerprint density at radius 1 is 0.314 bits per heavy atom. The van der Waals surface area contributed by atoms with Gasteiger partial charge in [0.25, 0.3) is 0 Å². The van der Waals surface area contributed by atoms with Gasteiger partial charge in [0.05, 0.1) is 11.0 Å². The number of furan rings is 1. The summed E-state index contributed by atoms with van der Waals surface area (Å²) in [6.07, 6.45) is 9.32. The Hall–Kier alpha value is -11.5. The summed E-state index contributed by atoms with van der Waals surface area (Å²) >= 11 is 0. The summed E-state index contributed by atoms with van der Waals surface area (Å²) < 4.78 is 8.89. The molecule has 4 heterocycles. The van der Waals surface area contributed by atoms with Crippen LogP contribution in [0.25, 0.3) is 151 Å². The lowest BCUT2D eigenvalue weighted by Gasteiger charge is -2.14. The number of allylic oxidation sites excluding steroid dienone is 4. The first kappa shape index (κ1) is 50.3. The Morgan fingerprint density at radius 3 is 1.30 bits per heavy atom. The number of benzene rings is 11. The molecule has 8 nitrogen and oxygen atoms in total. The van der Waals surface area contributed by atoms with Crippen molar-refractivity contribution >= 4 is 43.7 Å². The number of hydrogen-bond donors (Lipinski definition) is 0. The highest BCUT2D eigenvalue weighted by Gasteiger charge is 2.23. The lowest BCUT2D eigenvalue weighted by Crippen LogP contribution is -2.07. The molecule has 16 rings (SSSR count). The van der Waals surface area contributed by atoms with Gasteiger partial charge >= 0.3 is 0 Å². The second-order valence-electron chi connectivity index (χ2n) is 21.8. The molecule has 0 saturated heterocycles. The Kier molecular flexibility index (Phi) is 12.5. The first-order valence-electron chi connectivity index (χ1n) is 29.0. The van der Waals surface area contributed by atoms with E-state index in [0.29, 0.717) is 29.2 Å². The molecule has 0 N–H and O–H groups in total. The normalized spacial score (nSPS) is 13.1. The van der Waals surface area contributed by atoms with Crippen LogP contribution >= 0.6 is 0 Å². The van der Waals surface area contributed by atoms with Crippen molar-refractivity contribution in [3.63, 3.8) is 0 Å². The standard InChI is InChI=1S/C78H51N7O/c1-7-21-50(22-8-1)61-44-62(51-23-9-2-10-24-51)46-63(45-61)58-38-41-69-66(48-58)65-47-56(37-40-68(65)85(69)78-83-75(54-29-15-5-16-30-54)82-76(84-78)55-31-17-6-18-32-55)57-39-42-70-67(49-57)72-64(35-20-36-71(72)86-70)59-33-19-34-60(43-59)77-80-73(52-25-11-3-12-26-52)79-74(81-77)53-27-13-4-14-28-53/h1-27,29-49,53H,28H2. The van der Waals surface area contributed by atoms with Crippen LogP contribution < -0.4 is 0 Å². The first-order valence-corrected chi connectivity index (χ1v) is 29.0. The highest BCUT2D eigenvalue weighted by molar-refractivity contribution is 6.15. The summed E-state index contributed by atoms with van der Waals surface area (Å²) in [5.41, 5.74) is 18.3. The van der Waals surface area contributed by atoms with Crippen molar-refractivity contribution in [2.45, 2.75) is 12.3 Å². The lowest BCUT2D eigenvalue weighted by atomic mass is 9.92. The zero-order valence-corrected chi connectivity index (χ0v) is 46.5. The smallest absolute Gasteiger partial charge is 0.238 e. The Labute approximate surface area is 496 Å². The molecule has 1 aliphatic rings. The van der Waals surface area contributed by atoms with E-state index in [-0.39, 0.29) is 5.92 Å². The largest absolute Gasteiger partial charge is 0.456 e. The van der Waals surface area contributed by atoms with Crippen LogP contribution in [0.5, 0.6) is 0 Å². The van der Waals surface area contributed by atoms with Gasteiger partial charge in [-0.2, -0.15) is 9.97 Å². The number of fused-ring (bicyclic) bond motifs is 6. The summed E-state index contributed by atoms with van der Waals surface area (Å²) in [6.45, 7) is 0. The zero-order chi connectivity index (χ0) is 56.9. The van der Waals surface area contributed by atoms with Crippen LogP contribution in [0.1, 0.15) is 18.2 Å². The van der Waals surface area contributed by atoms with Crippen LogP contribution in [0.3, 0.4) is 0 Å². The summed E-state index contributed by atoms with van der Waals surface area (Å²) in [5.74, 6) is 3.82. The highest BCUT2D eigenvalue weighted by atomic mass is 16.3. The summed E-state index contributed by atoms with van der Waals surface area (Å²) in [7, 11) is 0. The fourth-order valence-electron chi connectivity index (χ4n) is 12.1. The fraction of sp³-hybridized carbons (Fsp3) is 0.0256. The molecule has 86 heavy (non-hydrogen) atoms. The Balaban J connectivity index is 0.861. The molecule has 1 unspecified atom stereocenters. The summed E-state index contributed by atoms with van der Waals surface area (Å²) in [6, 6.07) is 93.6. The molecule has 1 atom stereocenters. The van der Waals surface area contributed by atoms with E-state index >= 15 is 0 Å². The van der Waals surface area contributed by atoms with Crippen molar-refractivity contribution in [1.82, 2.24) is 34.5 Å². The quantitative estimate of drug-likeness (QED) is 0.127. The van der Waals surface area contributed by atoms with Gasteiger partial charge in [-0.25, -0.2) is 19.9 Å². The van der Waals surface area contributed by atoms with Crippen molar-refractivity contribution in [3.8, 4) is 107 Å². The maximum absolute atomic E-state index is 6.69. The third-order valence-electron chi connectivity index (χ3n) is 16.4. The second kappa shape index (κ2) is 21.4. The summed E-state index contributed by atoms with van der Waals surface area (Å²) in [4.78, 5) is 30.9. The van der Waals surface area contributed by atoms with Crippen molar-refractivity contribution in [3.05, 3.63) is 297 Å². The third kappa shape index (κ3) is 9.32. The SMILES string of the molecule is C1=CCC(c2nc(-c3ccccc3)nc(-c3cccc(-c4cccc5oc6ccc(-c7ccc8c(c7)c7cc(-c9cc(-c%10ccccc%10)cc(-c%10ccccc%10)c9)ccc7n8-c7nc(-c8ccccc8)nc(-c8ccccc8)n7)cc6c45)c3)n2)C=C1. The number of rotatable bonds is 11. The van der Waals surface area contributed by atoms with Gasteiger partial charge in [0.2, 0.25) is 5.95 Å². The van der Waals surface area contributed by atoms with Gasteiger partial charge in [-0.15, -0.1) is 0 Å². The fourth-order valence-corrected chi connectivity index (χ4v) is 12.1. The molecule has 404 valence electrons. The molecule has 1 aliphatic carbocycles. The second-order valence-corrected chi connectivity index (χ2v) is 21.8. The van der Waals surface area contributed by atoms with Crippen LogP contribution in [0.2, 0.25) is 0 Å². The number of aromatic nitrogens is 7. The molecule has 0 fully saturated rings. The van der Waals surface area contributed by atoms with Crippen LogP contribution in [0.4, 0.5) is 0 Å². The van der Waals surface area contributed by atoms with Gasteiger partial charge in [-0.1, -0.05) is 224 Å². The zero-order valence-electron chi connectivity index (χ0n) is 46.5. The maximum atomic E-state index is 6.69. The number of hydrogen-bond acceptors (Lipinski definition) is 7. The average molecular weight is 1100 g/mol. The first-order chi connectivity index (χ1) is 42.6. The van der Waals surface area contributed by atoms with Crippen LogP contribution in [-0.4, -0.2) is 34.5 Å².